The molecule has 0 amide bonds. The normalized spacial score (nSPS) is 10.4. The van der Waals surface area contributed by atoms with Crippen molar-refractivity contribution in [2.75, 3.05) is 11.9 Å². The van der Waals surface area contributed by atoms with E-state index < -0.39 is 5.97 Å². The number of aromatic amines is 1. The first kappa shape index (κ1) is 16.8. The standard InChI is InChI=1S/C17H16N4O3S/c1-2-8-24-16(23)11-5-3-6-12(10-11)18-17-19-15(22)14(20-21-17)13-7-4-9-25-13/h3-7,9-10H,2,8H2,1H3,(H2,18,19,21,22). The van der Waals surface area contributed by atoms with Gasteiger partial charge in [0.2, 0.25) is 5.95 Å². The molecule has 2 heterocycles. The second-order valence-electron chi connectivity index (χ2n) is 5.17. The van der Waals surface area contributed by atoms with Gasteiger partial charge < -0.3 is 10.1 Å². The average Bonchev–Trinajstić information content (AvgIpc) is 3.14. The largest absolute Gasteiger partial charge is 0.462 e. The highest BCUT2D eigenvalue weighted by molar-refractivity contribution is 7.13. The number of H-pyrrole nitrogens is 1. The molecule has 0 fully saturated rings. The van der Waals surface area contributed by atoms with E-state index in [0.717, 1.165) is 11.3 Å². The molecule has 1 aromatic carbocycles. The van der Waals surface area contributed by atoms with Gasteiger partial charge in [-0.25, -0.2) is 4.79 Å². The Hall–Kier alpha value is -3.00. The van der Waals surface area contributed by atoms with Crippen molar-refractivity contribution in [2.24, 2.45) is 0 Å². The Balaban J connectivity index is 1.78. The molecule has 0 unspecified atom stereocenters. The number of nitrogens with one attached hydrogen (secondary N) is 2. The minimum Gasteiger partial charge on any atom is -0.462 e. The molecule has 3 rings (SSSR count). The van der Waals surface area contributed by atoms with Crippen LogP contribution in [-0.4, -0.2) is 27.8 Å². The number of anilines is 2. The molecular weight excluding hydrogens is 340 g/mol. The Bertz CT molecular complexity index is 922. The number of carbonyl (C=O) groups excluding carboxylic acids is 1. The second-order valence-corrected chi connectivity index (χ2v) is 6.12. The average molecular weight is 356 g/mol. The van der Waals surface area contributed by atoms with Crippen LogP contribution in [0, 0.1) is 0 Å². The van der Waals surface area contributed by atoms with Gasteiger partial charge in [0.15, 0.2) is 5.69 Å². The smallest absolute Gasteiger partial charge is 0.338 e. The molecule has 0 saturated heterocycles. The second kappa shape index (κ2) is 7.71. The zero-order valence-corrected chi connectivity index (χ0v) is 14.3. The number of hydrogen-bond donors (Lipinski definition) is 2. The quantitative estimate of drug-likeness (QED) is 0.658. The number of nitrogens with zero attached hydrogens (tertiary/aromatic N) is 2. The van der Waals surface area contributed by atoms with E-state index in [4.69, 9.17) is 4.74 Å². The van der Waals surface area contributed by atoms with Crippen molar-refractivity contribution in [3.8, 4) is 10.6 Å². The van der Waals surface area contributed by atoms with Crippen LogP contribution in [0.2, 0.25) is 0 Å². The number of rotatable bonds is 6. The van der Waals surface area contributed by atoms with Gasteiger partial charge in [0.05, 0.1) is 17.0 Å². The Morgan fingerprint density at radius 3 is 2.88 bits per heavy atom. The number of benzene rings is 1. The molecule has 0 radical (unpaired) electrons. The van der Waals surface area contributed by atoms with E-state index in [1.807, 2.05) is 24.4 Å². The van der Waals surface area contributed by atoms with Gasteiger partial charge in [0.1, 0.15) is 0 Å². The van der Waals surface area contributed by atoms with Gasteiger partial charge in [-0.1, -0.05) is 19.1 Å². The third-order valence-electron chi connectivity index (χ3n) is 3.25. The summed E-state index contributed by atoms with van der Waals surface area (Å²) in [6, 6.07) is 10.4. The number of esters is 1. The molecular formula is C17H16N4O3S. The van der Waals surface area contributed by atoms with Crippen molar-refractivity contribution in [1.29, 1.82) is 0 Å². The number of thiophene rings is 1. The van der Waals surface area contributed by atoms with Crippen LogP contribution in [0.3, 0.4) is 0 Å². The zero-order valence-electron chi connectivity index (χ0n) is 13.5. The molecule has 2 aromatic heterocycles. The summed E-state index contributed by atoms with van der Waals surface area (Å²) in [5, 5.41) is 12.8. The van der Waals surface area contributed by atoms with Crippen LogP contribution in [-0.2, 0) is 4.74 Å². The van der Waals surface area contributed by atoms with Crippen LogP contribution < -0.4 is 10.9 Å². The van der Waals surface area contributed by atoms with Gasteiger partial charge in [-0.2, -0.15) is 0 Å². The third-order valence-corrected chi connectivity index (χ3v) is 4.13. The van der Waals surface area contributed by atoms with Crippen LogP contribution in [0.25, 0.3) is 10.6 Å². The molecule has 0 aliphatic rings. The topological polar surface area (TPSA) is 97.0 Å². The van der Waals surface area contributed by atoms with Crippen LogP contribution in [0.4, 0.5) is 11.6 Å². The minimum absolute atomic E-state index is 0.199. The van der Waals surface area contributed by atoms with E-state index in [0.29, 0.717) is 17.9 Å². The Labute approximate surface area is 147 Å². The van der Waals surface area contributed by atoms with E-state index in [2.05, 4.69) is 20.5 Å². The SMILES string of the molecule is CCCOC(=O)c1cccc(Nc2nnc(-c3cccs3)c(=O)[nH]2)c1. The maximum atomic E-state index is 12.2. The molecule has 0 saturated carbocycles. The predicted octanol–water partition coefficient (Wildman–Crippen LogP) is 3.20. The van der Waals surface area contributed by atoms with E-state index in [1.54, 1.807) is 24.3 Å². The molecule has 7 nitrogen and oxygen atoms in total. The summed E-state index contributed by atoms with van der Waals surface area (Å²) in [5.74, 6) is -0.192. The van der Waals surface area contributed by atoms with Crippen molar-refractivity contribution in [3.63, 3.8) is 0 Å². The van der Waals surface area contributed by atoms with Crippen LogP contribution in [0.1, 0.15) is 23.7 Å². The predicted molar refractivity (Wildman–Crippen MR) is 96.3 cm³/mol. The van der Waals surface area contributed by atoms with Gasteiger partial charge in [-0.15, -0.1) is 21.5 Å². The highest BCUT2D eigenvalue weighted by Crippen LogP contribution is 2.19. The fourth-order valence-corrected chi connectivity index (χ4v) is 2.81. The number of aromatic nitrogens is 3. The van der Waals surface area contributed by atoms with Gasteiger partial charge >= 0.3 is 5.97 Å². The number of hydrogen-bond acceptors (Lipinski definition) is 7. The fraction of sp³-hybridized carbons (Fsp3) is 0.176. The van der Waals surface area contributed by atoms with Crippen molar-refractivity contribution in [1.82, 2.24) is 15.2 Å². The lowest BCUT2D eigenvalue weighted by Gasteiger charge is -2.07. The first-order valence-corrected chi connectivity index (χ1v) is 8.60. The maximum Gasteiger partial charge on any atom is 0.338 e. The number of carbonyl (C=O) groups is 1. The third kappa shape index (κ3) is 4.10. The zero-order chi connectivity index (χ0) is 17.6. The molecule has 2 N–H and O–H groups in total. The monoisotopic (exact) mass is 356 g/mol. The molecule has 0 atom stereocenters. The molecule has 0 aliphatic heterocycles. The summed E-state index contributed by atoms with van der Waals surface area (Å²) in [4.78, 5) is 27.5. The summed E-state index contributed by atoms with van der Waals surface area (Å²) in [7, 11) is 0. The van der Waals surface area contributed by atoms with Gasteiger partial charge in [-0.05, 0) is 36.1 Å². The van der Waals surface area contributed by atoms with Crippen molar-refractivity contribution < 1.29 is 9.53 Å². The summed E-state index contributed by atoms with van der Waals surface area (Å²) >= 11 is 1.42. The van der Waals surface area contributed by atoms with Gasteiger partial charge in [-0.3, -0.25) is 9.78 Å². The summed E-state index contributed by atoms with van der Waals surface area (Å²) < 4.78 is 5.11. The lowest BCUT2D eigenvalue weighted by Crippen LogP contribution is -2.15. The highest BCUT2D eigenvalue weighted by atomic mass is 32.1. The van der Waals surface area contributed by atoms with Crippen molar-refractivity contribution >= 4 is 28.9 Å². The minimum atomic E-state index is -0.391. The number of ether oxygens (including phenoxy) is 1. The van der Waals surface area contributed by atoms with Crippen LogP contribution in [0.5, 0.6) is 0 Å². The molecule has 0 aliphatic carbocycles. The van der Waals surface area contributed by atoms with Crippen LogP contribution >= 0.6 is 11.3 Å². The summed E-state index contributed by atoms with van der Waals surface area (Å²) in [6.07, 6.45) is 0.761. The lowest BCUT2D eigenvalue weighted by atomic mass is 10.2. The molecule has 8 heteroatoms. The Morgan fingerprint density at radius 1 is 1.28 bits per heavy atom. The van der Waals surface area contributed by atoms with E-state index in [9.17, 15) is 9.59 Å². The molecule has 3 aromatic rings. The van der Waals surface area contributed by atoms with Crippen LogP contribution in [0.15, 0.2) is 46.6 Å². The van der Waals surface area contributed by atoms with Crippen molar-refractivity contribution in [3.05, 3.63) is 57.7 Å². The van der Waals surface area contributed by atoms with E-state index in [-0.39, 0.29) is 17.2 Å². The first-order valence-electron chi connectivity index (χ1n) is 7.72. The summed E-state index contributed by atoms with van der Waals surface area (Å²) in [5.41, 5.74) is 0.958. The molecule has 128 valence electrons. The summed E-state index contributed by atoms with van der Waals surface area (Å²) in [6.45, 7) is 2.31. The molecule has 0 spiro atoms. The van der Waals surface area contributed by atoms with Gasteiger partial charge in [0, 0.05) is 5.69 Å². The van der Waals surface area contributed by atoms with E-state index in [1.165, 1.54) is 11.3 Å². The molecule has 0 bridgehead atoms. The van der Waals surface area contributed by atoms with Crippen molar-refractivity contribution in [2.45, 2.75) is 13.3 Å². The highest BCUT2D eigenvalue weighted by Gasteiger charge is 2.10. The fourth-order valence-electron chi connectivity index (χ4n) is 2.11. The maximum absolute atomic E-state index is 12.2. The van der Waals surface area contributed by atoms with E-state index >= 15 is 0 Å². The Morgan fingerprint density at radius 2 is 2.16 bits per heavy atom. The molecule has 25 heavy (non-hydrogen) atoms. The lowest BCUT2D eigenvalue weighted by molar-refractivity contribution is 0.0505. The Kier molecular flexibility index (Phi) is 5.20. The first-order chi connectivity index (χ1) is 12.2. The van der Waals surface area contributed by atoms with Gasteiger partial charge in [0.25, 0.3) is 5.56 Å².